The minimum Gasteiger partial charge on any atom is -0.310 e. The van der Waals surface area contributed by atoms with Gasteiger partial charge in [-0.2, -0.15) is 0 Å². The van der Waals surface area contributed by atoms with Crippen molar-refractivity contribution in [3.8, 4) is 44.5 Å². The Balaban J connectivity index is 1.28. The van der Waals surface area contributed by atoms with Gasteiger partial charge in [0, 0.05) is 27.9 Å². The van der Waals surface area contributed by atoms with Crippen LogP contribution in [0.15, 0.2) is 152 Å². The van der Waals surface area contributed by atoms with Crippen molar-refractivity contribution >= 4 is 17.1 Å². The van der Waals surface area contributed by atoms with Crippen molar-refractivity contribution in [1.29, 1.82) is 0 Å². The summed E-state index contributed by atoms with van der Waals surface area (Å²) in [5.74, 6) is 0. The first-order valence-electron chi connectivity index (χ1n) is 19.4. The molecule has 0 spiro atoms. The second-order valence-electron chi connectivity index (χ2n) is 17.5. The highest BCUT2D eigenvalue weighted by molar-refractivity contribution is 5.91. The van der Waals surface area contributed by atoms with Gasteiger partial charge in [0.2, 0.25) is 0 Å². The fourth-order valence-corrected chi connectivity index (χ4v) is 9.31. The van der Waals surface area contributed by atoms with Crippen LogP contribution in [0.5, 0.6) is 0 Å². The first kappa shape index (κ1) is 34.1. The zero-order valence-corrected chi connectivity index (χ0v) is 32.9. The Hall–Kier alpha value is -5.66. The monoisotopic (exact) mass is 699 g/mol. The number of nitrogens with zero attached hydrogens (tertiary/aromatic N) is 1. The standard InChI is InChI=1S/C53H49N/c1-34-45(35-22-28-43-41-18-12-14-20-47(41)52(5,6)49(43)30-35)32-40(54(38-16-10-9-11-17-38)39-26-24-37(25-27-39)51(2,3)4)33-46(34)36-23-29-44-42-19-13-15-21-48(42)53(7,8)50(44)31-36/h9-33H,1-8H3. The van der Waals surface area contributed by atoms with E-state index < -0.39 is 0 Å². The number of hydrogen-bond acceptors (Lipinski definition) is 1. The molecule has 2 aliphatic rings. The maximum absolute atomic E-state index is 2.47. The van der Waals surface area contributed by atoms with Crippen molar-refractivity contribution in [3.05, 3.63) is 185 Å². The first-order valence-corrected chi connectivity index (χ1v) is 19.4. The minimum absolute atomic E-state index is 0.0717. The van der Waals surface area contributed by atoms with E-state index in [0.717, 1.165) is 17.1 Å². The highest BCUT2D eigenvalue weighted by Crippen LogP contribution is 2.52. The Kier molecular flexibility index (Phi) is 7.70. The molecule has 0 unspecified atom stereocenters. The van der Waals surface area contributed by atoms with Gasteiger partial charge in [-0.15, -0.1) is 0 Å². The molecule has 1 nitrogen and oxygen atoms in total. The van der Waals surface area contributed by atoms with Gasteiger partial charge in [0.25, 0.3) is 0 Å². The molecule has 7 aromatic rings. The fraction of sp³-hybridized carbons (Fsp3) is 0.208. The molecule has 0 aromatic heterocycles. The molecule has 9 rings (SSSR count). The van der Waals surface area contributed by atoms with Crippen molar-refractivity contribution < 1.29 is 0 Å². The molecule has 0 amide bonds. The third-order valence-corrected chi connectivity index (χ3v) is 12.4. The molecule has 1 heteroatoms. The number of para-hydroxylation sites is 1. The lowest BCUT2D eigenvalue weighted by molar-refractivity contribution is 0.590. The van der Waals surface area contributed by atoms with Crippen LogP contribution in [0.25, 0.3) is 44.5 Å². The molecule has 0 saturated carbocycles. The van der Waals surface area contributed by atoms with Crippen LogP contribution in [-0.2, 0) is 16.2 Å². The summed E-state index contributed by atoms with van der Waals surface area (Å²) in [5, 5.41) is 0. The molecular formula is C53H49N. The summed E-state index contributed by atoms with van der Waals surface area (Å²) in [6, 6.07) is 57.1. The molecule has 0 fully saturated rings. The lowest BCUT2D eigenvalue weighted by Gasteiger charge is -2.29. The van der Waals surface area contributed by atoms with Gasteiger partial charge in [0.05, 0.1) is 0 Å². The zero-order valence-electron chi connectivity index (χ0n) is 32.9. The Morgan fingerprint density at radius 2 is 0.815 bits per heavy atom. The topological polar surface area (TPSA) is 3.24 Å². The van der Waals surface area contributed by atoms with Gasteiger partial charge in [-0.05, 0) is 139 Å². The molecule has 0 aliphatic heterocycles. The lowest BCUT2D eigenvalue weighted by Crippen LogP contribution is -2.15. The summed E-state index contributed by atoms with van der Waals surface area (Å²) in [6.45, 7) is 18.7. The second kappa shape index (κ2) is 12.2. The van der Waals surface area contributed by atoms with Gasteiger partial charge in [-0.3, -0.25) is 0 Å². The van der Waals surface area contributed by atoms with Gasteiger partial charge in [0.15, 0.2) is 0 Å². The van der Waals surface area contributed by atoms with Crippen molar-refractivity contribution in [2.24, 2.45) is 0 Å². The van der Waals surface area contributed by atoms with Gasteiger partial charge >= 0.3 is 0 Å². The van der Waals surface area contributed by atoms with Crippen molar-refractivity contribution in [2.75, 3.05) is 4.90 Å². The normalized spacial score (nSPS) is 14.6. The SMILES string of the molecule is Cc1c(-c2ccc3c(c2)C(C)(C)c2ccccc2-3)cc(N(c2ccccc2)c2ccc(C(C)(C)C)cc2)cc1-c1ccc2c(c1)C(C)(C)c1ccccc1-2. The Labute approximate surface area is 322 Å². The van der Waals surface area contributed by atoms with Gasteiger partial charge in [-0.1, -0.05) is 152 Å². The Morgan fingerprint density at radius 3 is 1.30 bits per heavy atom. The van der Waals surface area contributed by atoms with Crippen LogP contribution in [0.2, 0.25) is 0 Å². The highest BCUT2D eigenvalue weighted by Gasteiger charge is 2.37. The first-order chi connectivity index (χ1) is 25.8. The molecule has 0 atom stereocenters. The molecule has 0 bridgehead atoms. The Bertz CT molecular complexity index is 2450. The van der Waals surface area contributed by atoms with Crippen LogP contribution in [-0.4, -0.2) is 0 Å². The van der Waals surface area contributed by atoms with E-state index in [0.29, 0.717) is 0 Å². The second-order valence-corrected chi connectivity index (χ2v) is 17.5. The molecule has 7 aromatic carbocycles. The average Bonchev–Trinajstić information content (AvgIpc) is 3.55. The molecule has 0 N–H and O–H groups in total. The molecule has 2 aliphatic carbocycles. The van der Waals surface area contributed by atoms with Crippen molar-refractivity contribution in [2.45, 2.75) is 71.6 Å². The minimum atomic E-state index is -0.0816. The van der Waals surface area contributed by atoms with E-state index >= 15 is 0 Å². The largest absolute Gasteiger partial charge is 0.310 e. The van der Waals surface area contributed by atoms with Gasteiger partial charge < -0.3 is 4.90 Å². The van der Waals surface area contributed by atoms with E-state index in [1.54, 1.807) is 0 Å². The number of rotatable bonds is 5. The molecule has 0 heterocycles. The van der Waals surface area contributed by atoms with E-state index in [-0.39, 0.29) is 16.2 Å². The number of hydrogen-bond donors (Lipinski definition) is 0. The third kappa shape index (κ3) is 5.28. The lowest BCUT2D eigenvalue weighted by atomic mass is 9.80. The van der Waals surface area contributed by atoms with E-state index in [2.05, 4.69) is 212 Å². The highest BCUT2D eigenvalue weighted by atomic mass is 15.1. The van der Waals surface area contributed by atoms with Crippen LogP contribution in [0.4, 0.5) is 17.1 Å². The zero-order chi connectivity index (χ0) is 37.6. The maximum Gasteiger partial charge on any atom is 0.0474 e. The van der Waals surface area contributed by atoms with Crippen LogP contribution in [0.1, 0.15) is 81.8 Å². The van der Waals surface area contributed by atoms with Crippen LogP contribution >= 0.6 is 0 Å². The maximum atomic E-state index is 2.47. The average molecular weight is 700 g/mol. The summed E-state index contributed by atoms with van der Waals surface area (Å²) in [5.41, 5.74) is 21.9. The molecule has 0 saturated heterocycles. The van der Waals surface area contributed by atoms with Crippen LogP contribution in [0, 0.1) is 6.92 Å². The Morgan fingerprint density at radius 1 is 0.389 bits per heavy atom. The quantitative estimate of drug-likeness (QED) is 0.173. The van der Waals surface area contributed by atoms with Gasteiger partial charge in [0.1, 0.15) is 0 Å². The predicted octanol–water partition coefficient (Wildman–Crippen LogP) is 14.7. The van der Waals surface area contributed by atoms with E-state index in [1.165, 1.54) is 77.9 Å². The summed E-state index contributed by atoms with van der Waals surface area (Å²) in [4.78, 5) is 2.43. The summed E-state index contributed by atoms with van der Waals surface area (Å²) < 4.78 is 0. The molecule has 54 heavy (non-hydrogen) atoms. The van der Waals surface area contributed by atoms with E-state index in [9.17, 15) is 0 Å². The molecule has 0 radical (unpaired) electrons. The van der Waals surface area contributed by atoms with Crippen LogP contribution < -0.4 is 4.90 Å². The molecular weight excluding hydrogens is 651 g/mol. The summed E-state index contributed by atoms with van der Waals surface area (Å²) in [7, 11) is 0. The number of benzene rings is 7. The van der Waals surface area contributed by atoms with Crippen molar-refractivity contribution in [3.63, 3.8) is 0 Å². The van der Waals surface area contributed by atoms with Crippen LogP contribution in [0.3, 0.4) is 0 Å². The smallest absolute Gasteiger partial charge is 0.0474 e. The van der Waals surface area contributed by atoms with E-state index in [1.807, 2.05) is 0 Å². The van der Waals surface area contributed by atoms with Crippen molar-refractivity contribution in [1.82, 2.24) is 0 Å². The fourth-order valence-electron chi connectivity index (χ4n) is 9.31. The predicted molar refractivity (Wildman–Crippen MR) is 231 cm³/mol. The third-order valence-electron chi connectivity index (χ3n) is 12.4. The number of anilines is 3. The van der Waals surface area contributed by atoms with Gasteiger partial charge in [-0.25, -0.2) is 0 Å². The summed E-state index contributed by atoms with van der Waals surface area (Å²) >= 11 is 0. The summed E-state index contributed by atoms with van der Waals surface area (Å²) in [6.07, 6.45) is 0. The molecule has 266 valence electrons. The van der Waals surface area contributed by atoms with E-state index in [4.69, 9.17) is 0 Å². The number of fused-ring (bicyclic) bond motifs is 6.